The number of amides is 1. The summed E-state index contributed by atoms with van der Waals surface area (Å²) < 4.78 is 4.89. The van der Waals surface area contributed by atoms with Gasteiger partial charge in [0.1, 0.15) is 0 Å². The zero-order valence-electron chi connectivity index (χ0n) is 12.8. The van der Waals surface area contributed by atoms with Gasteiger partial charge in [-0.1, -0.05) is 12.1 Å². The Hall–Kier alpha value is -1.08. The molecule has 0 aromatic carbocycles. The zero-order valence-corrected chi connectivity index (χ0v) is 13.6. The molecule has 21 heavy (non-hydrogen) atoms. The lowest BCUT2D eigenvalue weighted by molar-refractivity contribution is -0.118. The number of aryl methyl sites for hydroxylation is 1. The SMILES string of the molecule is CC[C@H](CNC(=O)CSCc1noc(C)n1)N1CCCC1. The molecule has 1 saturated heterocycles. The number of hydrogen-bond acceptors (Lipinski definition) is 6. The minimum Gasteiger partial charge on any atom is -0.354 e. The summed E-state index contributed by atoms with van der Waals surface area (Å²) in [5.74, 6) is 2.33. The number of carbonyl (C=O) groups excluding carboxylic acids is 1. The van der Waals surface area contributed by atoms with Crippen LogP contribution in [-0.4, -0.2) is 52.4 Å². The van der Waals surface area contributed by atoms with Crippen molar-refractivity contribution < 1.29 is 9.32 Å². The predicted molar refractivity (Wildman–Crippen MR) is 83.1 cm³/mol. The molecule has 118 valence electrons. The molecule has 1 N–H and O–H groups in total. The summed E-state index contributed by atoms with van der Waals surface area (Å²) in [5.41, 5.74) is 0. The van der Waals surface area contributed by atoms with E-state index in [0.717, 1.165) is 13.0 Å². The van der Waals surface area contributed by atoms with Crippen molar-refractivity contribution in [3.8, 4) is 0 Å². The first-order valence-corrected chi connectivity index (χ1v) is 8.72. The first-order chi connectivity index (χ1) is 10.2. The first-order valence-electron chi connectivity index (χ1n) is 7.56. The smallest absolute Gasteiger partial charge is 0.230 e. The van der Waals surface area contributed by atoms with Gasteiger partial charge >= 0.3 is 0 Å². The summed E-state index contributed by atoms with van der Waals surface area (Å²) >= 11 is 1.51. The lowest BCUT2D eigenvalue weighted by Gasteiger charge is -2.26. The number of likely N-dealkylation sites (tertiary alicyclic amines) is 1. The van der Waals surface area contributed by atoms with E-state index in [0.29, 0.717) is 29.3 Å². The van der Waals surface area contributed by atoms with Crippen molar-refractivity contribution in [1.29, 1.82) is 0 Å². The Morgan fingerprint density at radius 3 is 2.86 bits per heavy atom. The minimum atomic E-state index is 0.0814. The minimum absolute atomic E-state index is 0.0814. The molecule has 1 amide bonds. The van der Waals surface area contributed by atoms with Gasteiger partial charge in [0.2, 0.25) is 11.8 Å². The van der Waals surface area contributed by atoms with E-state index in [1.54, 1.807) is 6.92 Å². The quantitative estimate of drug-likeness (QED) is 0.786. The largest absolute Gasteiger partial charge is 0.354 e. The van der Waals surface area contributed by atoms with Gasteiger partial charge in [-0.05, 0) is 32.4 Å². The van der Waals surface area contributed by atoms with Crippen LogP contribution < -0.4 is 5.32 Å². The molecule has 1 aliphatic rings. The molecule has 1 aromatic heterocycles. The van der Waals surface area contributed by atoms with E-state index in [4.69, 9.17) is 4.52 Å². The normalized spacial score (nSPS) is 17.0. The topological polar surface area (TPSA) is 71.3 Å². The van der Waals surface area contributed by atoms with Crippen LogP contribution in [0.5, 0.6) is 0 Å². The highest BCUT2D eigenvalue weighted by atomic mass is 32.2. The lowest BCUT2D eigenvalue weighted by atomic mass is 10.2. The summed E-state index contributed by atoms with van der Waals surface area (Å²) in [6, 6.07) is 0.473. The molecule has 1 fully saturated rings. The second-order valence-electron chi connectivity index (χ2n) is 5.33. The number of aromatic nitrogens is 2. The van der Waals surface area contributed by atoms with Crippen molar-refractivity contribution in [1.82, 2.24) is 20.4 Å². The fraction of sp³-hybridized carbons (Fsp3) is 0.786. The van der Waals surface area contributed by atoms with Crippen LogP contribution in [0.3, 0.4) is 0 Å². The van der Waals surface area contributed by atoms with Crippen LogP contribution in [0.25, 0.3) is 0 Å². The molecule has 7 heteroatoms. The fourth-order valence-corrected chi connectivity index (χ4v) is 3.25. The number of carbonyl (C=O) groups is 1. The summed E-state index contributed by atoms with van der Waals surface area (Å²) in [6.45, 7) is 7.03. The van der Waals surface area contributed by atoms with Gasteiger partial charge < -0.3 is 9.84 Å². The number of thioether (sulfide) groups is 1. The van der Waals surface area contributed by atoms with Crippen LogP contribution in [0.1, 0.15) is 37.9 Å². The highest BCUT2D eigenvalue weighted by molar-refractivity contribution is 7.99. The Bertz CT molecular complexity index is 446. The van der Waals surface area contributed by atoms with E-state index in [1.165, 1.54) is 37.7 Å². The van der Waals surface area contributed by atoms with E-state index in [-0.39, 0.29) is 5.91 Å². The lowest BCUT2D eigenvalue weighted by Crippen LogP contribution is -2.42. The molecule has 0 spiro atoms. The first kappa shape index (κ1) is 16.3. The molecule has 0 saturated carbocycles. The van der Waals surface area contributed by atoms with Crippen LogP contribution in [0.4, 0.5) is 0 Å². The van der Waals surface area contributed by atoms with Crippen molar-refractivity contribution in [2.75, 3.05) is 25.4 Å². The average Bonchev–Trinajstić information content (AvgIpc) is 3.12. The Labute approximate surface area is 130 Å². The predicted octanol–water partition coefficient (Wildman–Crippen LogP) is 1.60. The van der Waals surface area contributed by atoms with Crippen molar-refractivity contribution in [2.45, 2.75) is 44.9 Å². The molecule has 0 radical (unpaired) electrons. The molecule has 0 unspecified atom stereocenters. The molecule has 1 atom stereocenters. The van der Waals surface area contributed by atoms with E-state index < -0.39 is 0 Å². The maximum absolute atomic E-state index is 11.9. The van der Waals surface area contributed by atoms with Crippen molar-refractivity contribution in [3.63, 3.8) is 0 Å². The van der Waals surface area contributed by atoms with Gasteiger partial charge in [-0.3, -0.25) is 9.69 Å². The number of hydrogen-bond donors (Lipinski definition) is 1. The Morgan fingerprint density at radius 1 is 1.48 bits per heavy atom. The fourth-order valence-electron chi connectivity index (χ4n) is 2.56. The van der Waals surface area contributed by atoms with E-state index in [2.05, 4.69) is 27.3 Å². The summed E-state index contributed by atoms with van der Waals surface area (Å²) in [4.78, 5) is 18.5. The van der Waals surface area contributed by atoms with Crippen molar-refractivity contribution in [2.24, 2.45) is 0 Å². The van der Waals surface area contributed by atoms with Gasteiger partial charge in [0.25, 0.3) is 0 Å². The molecule has 6 nitrogen and oxygen atoms in total. The summed E-state index contributed by atoms with van der Waals surface area (Å²) in [5, 5.41) is 6.84. The second kappa shape index (κ2) is 8.38. The number of nitrogens with zero attached hydrogens (tertiary/aromatic N) is 3. The van der Waals surface area contributed by atoms with Gasteiger partial charge in [0.15, 0.2) is 5.82 Å². The molecule has 1 aromatic rings. The van der Waals surface area contributed by atoms with Crippen LogP contribution in [0, 0.1) is 6.92 Å². The second-order valence-corrected chi connectivity index (χ2v) is 6.32. The molecular formula is C14H24N4O2S. The third-order valence-electron chi connectivity index (χ3n) is 3.70. The van der Waals surface area contributed by atoms with Crippen LogP contribution in [0.2, 0.25) is 0 Å². The number of rotatable bonds is 8. The highest BCUT2D eigenvalue weighted by Gasteiger charge is 2.20. The monoisotopic (exact) mass is 312 g/mol. The Kier molecular flexibility index (Phi) is 6.50. The van der Waals surface area contributed by atoms with Gasteiger partial charge in [0, 0.05) is 19.5 Å². The number of nitrogens with one attached hydrogen (secondary N) is 1. The molecular weight excluding hydrogens is 288 g/mol. The highest BCUT2D eigenvalue weighted by Crippen LogP contribution is 2.13. The summed E-state index contributed by atoms with van der Waals surface area (Å²) in [6.07, 6.45) is 3.64. The van der Waals surface area contributed by atoms with Crippen LogP contribution in [-0.2, 0) is 10.5 Å². The van der Waals surface area contributed by atoms with Gasteiger partial charge in [-0.15, -0.1) is 11.8 Å². The third kappa shape index (κ3) is 5.32. The zero-order chi connectivity index (χ0) is 15.1. The van der Waals surface area contributed by atoms with Gasteiger partial charge in [0.05, 0.1) is 11.5 Å². The molecule has 2 rings (SSSR count). The molecule has 0 aliphatic carbocycles. The van der Waals surface area contributed by atoms with Crippen LogP contribution >= 0.6 is 11.8 Å². The van der Waals surface area contributed by atoms with Gasteiger partial charge in [-0.2, -0.15) is 4.98 Å². The molecule has 2 heterocycles. The Morgan fingerprint density at radius 2 is 2.24 bits per heavy atom. The van der Waals surface area contributed by atoms with Crippen molar-refractivity contribution in [3.05, 3.63) is 11.7 Å². The van der Waals surface area contributed by atoms with E-state index in [9.17, 15) is 4.79 Å². The van der Waals surface area contributed by atoms with E-state index >= 15 is 0 Å². The Balaban J connectivity index is 1.62. The van der Waals surface area contributed by atoms with Crippen LogP contribution in [0.15, 0.2) is 4.52 Å². The van der Waals surface area contributed by atoms with E-state index in [1.807, 2.05) is 0 Å². The molecule has 0 bridgehead atoms. The third-order valence-corrected chi connectivity index (χ3v) is 4.63. The maximum atomic E-state index is 11.9. The average molecular weight is 312 g/mol. The molecule has 1 aliphatic heterocycles. The van der Waals surface area contributed by atoms with Crippen molar-refractivity contribution >= 4 is 17.7 Å². The van der Waals surface area contributed by atoms with Gasteiger partial charge in [-0.25, -0.2) is 0 Å². The standard InChI is InChI=1S/C14H24N4O2S/c1-3-12(18-6-4-5-7-18)8-15-14(19)10-21-9-13-16-11(2)20-17-13/h12H,3-10H2,1-2H3,(H,15,19)/t12-/m1/s1. The maximum Gasteiger partial charge on any atom is 0.230 e. The summed E-state index contributed by atoms with van der Waals surface area (Å²) in [7, 11) is 0.